The number of para-hydroxylation sites is 1. The summed E-state index contributed by atoms with van der Waals surface area (Å²) >= 11 is 0. The molecule has 0 bridgehead atoms. The molecule has 1 fully saturated rings. The molecule has 1 saturated heterocycles. The number of amides is 2. The molecule has 11 heteroatoms. The molecule has 0 spiro atoms. The Morgan fingerprint density at radius 1 is 0.791 bits per heavy atom. The monoisotopic (exact) mass is 600 g/mol. The van der Waals surface area contributed by atoms with Crippen LogP contribution in [0.1, 0.15) is 17.3 Å². The van der Waals surface area contributed by atoms with Gasteiger partial charge >= 0.3 is 6.09 Å². The summed E-state index contributed by atoms with van der Waals surface area (Å²) in [5.41, 5.74) is 1.68. The second-order valence-corrected chi connectivity index (χ2v) is 11.4. The third-order valence-corrected chi connectivity index (χ3v) is 8.18. The molecule has 0 radical (unpaired) electrons. The van der Waals surface area contributed by atoms with Crippen LogP contribution in [0.5, 0.6) is 11.5 Å². The van der Waals surface area contributed by atoms with Crippen molar-refractivity contribution in [3.63, 3.8) is 0 Å². The summed E-state index contributed by atoms with van der Waals surface area (Å²) < 4.78 is 40.1. The summed E-state index contributed by atoms with van der Waals surface area (Å²) in [7, 11) is -3.94. The fourth-order valence-electron chi connectivity index (χ4n) is 4.62. The van der Waals surface area contributed by atoms with Gasteiger partial charge in [0.2, 0.25) is 0 Å². The number of rotatable bonds is 9. The molecule has 2 amide bonds. The number of anilines is 3. The van der Waals surface area contributed by atoms with E-state index in [0.29, 0.717) is 55.7 Å². The Balaban J connectivity index is 1.35. The van der Waals surface area contributed by atoms with Gasteiger partial charge in [0, 0.05) is 37.4 Å². The molecule has 2 N–H and O–H groups in total. The number of carbonyl (C=O) groups is 2. The van der Waals surface area contributed by atoms with E-state index in [1.807, 2.05) is 35.2 Å². The first-order valence-corrected chi connectivity index (χ1v) is 15.3. The molecule has 0 aromatic heterocycles. The van der Waals surface area contributed by atoms with Crippen LogP contribution in [0, 0.1) is 0 Å². The normalized spacial score (nSPS) is 13.2. The second kappa shape index (κ2) is 13.3. The molecular formula is C32H32N4O6S. The Morgan fingerprint density at radius 2 is 1.42 bits per heavy atom. The average Bonchev–Trinajstić information content (AvgIpc) is 3.03. The molecule has 1 aliphatic heterocycles. The number of carbonyl (C=O) groups excluding carboxylic acids is 2. The van der Waals surface area contributed by atoms with Crippen molar-refractivity contribution in [3.8, 4) is 11.5 Å². The quantitative estimate of drug-likeness (QED) is 0.249. The minimum absolute atomic E-state index is 0.0979. The van der Waals surface area contributed by atoms with Crippen molar-refractivity contribution in [3.05, 3.63) is 109 Å². The van der Waals surface area contributed by atoms with E-state index >= 15 is 0 Å². The Bertz CT molecular complexity index is 1660. The number of ether oxygens (including phenoxy) is 2. The Labute approximate surface area is 250 Å². The van der Waals surface area contributed by atoms with Crippen LogP contribution >= 0.6 is 0 Å². The average molecular weight is 601 g/mol. The van der Waals surface area contributed by atoms with E-state index in [-0.39, 0.29) is 22.2 Å². The third-order valence-electron chi connectivity index (χ3n) is 6.79. The van der Waals surface area contributed by atoms with E-state index < -0.39 is 15.9 Å². The van der Waals surface area contributed by atoms with Crippen molar-refractivity contribution in [2.75, 3.05) is 47.7 Å². The second-order valence-electron chi connectivity index (χ2n) is 9.72. The van der Waals surface area contributed by atoms with Crippen LogP contribution in [0.3, 0.4) is 0 Å². The van der Waals surface area contributed by atoms with E-state index in [1.54, 1.807) is 66.4 Å². The summed E-state index contributed by atoms with van der Waals surface area (Å²) in [4.78, 5) is 29.1. The van der Waals surface area contributed by atoms with E-state index in [1.165, 1.54) is 18.2 Å². The Kier molecular flexibility index (Phi) is 9.11. The smallest absolute Gasteiger partial charge is 0.409 e. The molecule has 0 unspecified atom stereocenters. The van der Waals surface area contributed by atoms with Crippen molar-refractivity contribution in [1.82, 2.24) is 4.90 Å². The molecule has 0 aliphatic carbocycles. The standard InChI is InChI=1S/C32H32N4O6S/c1-2-41-32(38)36-21-19-35(20-22-36)30-18-13-24(23-29(30)34-43(39,40)28-11-7-4-8-12-28)31(37)33-25-14-16-27(17-15-25)42-26-9-5-3-6-10-26/h3-18,23,34H,2,19-22H2,1H3,(H,33,37). The number of piperazine rings is 1. The molecule has 0 atom stereocenters. The maximum atomic E-state index is 13.3. The van der Waals surface area contributed by atoms with E-state index in [0.717, 1.165) is 0 Å². The van der Waals surface area contributed by atoms with Crippen LogP contribution in [0.25, 0.3) is 0 Å². The number of hydrogen-bond acceptors (Lipinski definition) is 7. The van der Waals surface area contributed by atoms with Crippen molar-refractivity contribution >= 4 is 39.1 Å². The van der Waals surface area contributed by atoms with Gasteiger partial charge in [0.1, 0.15) is 11.5 Å². The first-order chi connectivity index (χ1) is 20.8. The Hall–Kier alpha value is -5.03. The van der Waals surface area contributed by atoms with Gasteiger partial charge in [-0.05, 0) is 73.7 Å². The summed E-state index contributed by atoms with van der Waals surface area (Å²) in [6, 6.07) is 29.2. The highest BCUT2D eigenvalue weighted by atomic mass is 32.2. The zero-order valence-corrected chi connectivity index (χ0v) is 24.4. The summed E-state index contributed by atoms with van der Waals surface area (Å²) in [6.45, 7) is 3.79. The maximum absolute atomic E-state index is 13.3. The van der Waals surface area contributed by atoms with Crippen LogP contribution in [-0.2, 0) is 14.8 Å². The lowest BCUT2D eigenvalue weighted by Crippen LogP contribution is -2.49. The lowest BCUT2D eigenvalue weighted by molar-refractivity contribution is 0.102. The molecule has 5 rings (SSSR count). The van der Waals surface area contributed by atoms with Crippen molar-refractivity contribution < 1.29 is 27.5 Å². The zero-order valence-electron chi connectivity index (χ0n) is 23.6. The Morgan fingerprint density at radius 3 is 2.07 bits per heavy atom. The number of nitrogens with zero attached hydrogens (tertiary/aromatic N) is 2. The molecule has 1 aliphatic rings. The van der Waals surface area contributed by atoms with Crippen LogP contribution < -0.4 is 19.7 Å². The minimum Gasteiger partial charge on any atom is -0.457 e. The lowest BCUT2D eigenvalue weighted by Gasteiger charge is -2.36. The highest BCUT2D eigenvalue weighted by molar-refractivity contribution is 7.92. The van der Waals surface area contributed by atoms with Crippen LogP contribution in [0.2, 0.25) is 0 Å². The van der Waals surface area contributed by atoms with Gasteiger partial charge in [-0.2, -0.15) is 0 Å². The third kappa shape index (κ3) is 7.44. The minimum atomic E-state index is -3.94. The molecule has 0 saturated carbocycles. The van der Waals surface area contributed by atoms with Gasteiger partial charge < -0.3 is 24.6 Å². The number of sulfonamides is 1. The molecule has 43 heavy (non-hydrogen) atoms. The first-order valence-electron chi connectivity index (χ1n) is 13.9. The van der Waals surface area contributed by atoms with Gasteiger partial charge in [-0.15, -0.1) is 0 Å². The van der Waals surface area contributed by atoms with Crippen molar-refractivity contribution in [2.24, 2.45) is 0 Å². The summed E-state index contributed by atoms with van der Waals surface area (Å²) in [5.74, 6) is 0.914. The molecule has 1 heterocycles. The SMILES string of the molecule is CCOC(=O)N1CCN(c2ccc(C(=O)Nc3ccc(Oc4ccccc4)cc3)cc2NS(=O)(=O)c2ccccc2)CC1. The molecule has 4 aromatic carbocycles. The van der Waals surface area contributed by atoms with Gasteiger partial charge in [-0.25, -0.2) is 13.2 Å². The van der Waals surface area contributed by atoms with Crippen LogP contribution in [0.4, 0.5) is 21.9 Å². The van der Waals surface area contributed by atoms with Gasteiger partial charge in [-0.3, -0.25) is 9.52 Å². The highest BCUT2D eigenvalue weighted by Gasteiger charge is 2.25. The number of nitrogens with one attached hydrogen (secondary N) is 2. The number of hydrogen-bond donors (Lipinski definition) is 2. The van der Waals surface area contributed by atoms with Crippen LogP contribution in [-0.4, -0.2) is 58.1 Å². The summed E-state index contributed by atoms with van der Waals surface area (Å²) in [5, 5.41) is 2.86. The van der Waals surface area contributed by atoms with Crippen molar-refractivity contribution in [2.45, 2.75) is 11.8 Å². The van der Waals surface area contributed by atoms with E-state index in [4.69, 9.17) is 9.47 Å². The van der Waals surface area contributed by atoms with Gasteiger partial charge in [0.05, 0.1) is 22.9 Å². The topological polar surface area (TPSA) is 117 Å². The summed E-state index contributed by atoms with van der Waals surface area (Å²) in [6.07, 6.45) is -0.376. The maximum Gasteiger partial charge on any atom is 0.409 e. The number of benzene rings is 4. The zero-order chi connectivity index (χ0) is 30.2. The fraction of sp³-hybridized carbons (Fsp3) is 0.188. The van der Waals surface area contributed by atoms with Gasteiger partial charge in [0.25, 0.3) is 15.9 Å². The fourth-order valence-corrected chi connectivity index (χ4v) is 5.70. The van der Waals surface area contributed by atoms with Crippen molar-refractivity contribution in [1.29, 1.82) is 0 Å². The lowest BCUT2D eigenvalue weighted by atomic mass is 10.1. The van der Waals surface area contributed by atoms with Gasteiger partial charge in [-0.1, -0.05) is 36.4 Å². The molecule has 4 aromatic rings. The molecule has 10 nitrogen and oxygen atoms in total. The van der Waals surface area contributed by atoms with E-state index in [9.17, 15) is 18.0 Å². The predicted molar refractivity (Wildman–Crippen MR) is 165 cm³/mol. The largest absolute Gasteiger partial charge is 0.457 e. The van der Waals surface area contributed by atoms with Crippen LogP contribution in [0.15, 0.2) is 108 Å². The van der Waals surface area contributed by atoms with Gasteiger partial charge in [0.15, 0.2) is 0 Å². The predicted octanol–water partition coefficient (Wildman–Crippen LogP) is 5.81. The highest BCUT2D eigenvalue weighted by Crippen LogP contribution is 2.31. The molecule has 222 valence electrons. The first kappa shape index (κ1) is 29.5. The van der Waals surface area contributed by atoms with E-state index in [2.05, 4.69) is 10.0 Å². The molecular weight excluding hydrogens is 568 g/mol.